The lowest BCUT2D eigenvalue weighted by atomic mass is 10.1. The van der Waals surface area contributed by atoms with Gasteiger partial charge in [0, 0.05) is 12.8 Å². The number of rotatable bonds is 35. The van der Waals surface area contributed by atoms with Gasteiger partial charge in [0.05, 0.1) is 19.8 Å². The second-order valence-electron chi connectivity index (χ2n) is 12.6. The van der Waals surface area contributed by atoms with E-state index < -0.39 is 51.8 Å². The van der Waals surface area contributed by atoms with Crippen LogP contribution in [0.4, 0.5) is 0 Å². The van der Waals surface area contributed by atoms with Gasteiger partial charge in [-0.05, 0) is 51.4 Å². The van der Waals surface area contributed by atoms with Crippen LogP contribution in [0.25, 0.3) is 0 Å². The molecule has 0 aliphatic rings. The summed E-state index contributed by atoms with van der Waals surface area (Å²) >= 11 is 0. The van der Waals surface area contributed by atoms with Crippen molar-refractivity contribution in [1.82, 2.24) is 0 Å². The van der Waals surface area contributed by atoms with E-state index in [0.29, 0.717) is 12.8 Å². The number of hydrogen-bond donors (Lipinski definition) is 3. The van der Waals surface area contributed by atoms with Gasteiger partial charge >= 0.3 is 19.8 Å². The molecule has 50 heavy (non-hydrogen) atoms. The van der Waals surface area contributed by atoms with Crippen molar-refractivity contribution in [2.24, 2.45) is 0 Å². The molecule has 0 saturated heterocycles. The van der Waals surface area contributed by atoms with Crippen molar-refractivity contribution in [2.45, 2.75) is 161 Å². The summed E-state index contributed by atoms with van der Waals surface area (Å²) in [6.07, 6.45) is 35.2. The molecule has 10 nitrogen and oxygen atoms in total. The van der Waals surface area contributed by atoms with Crippen LogP contribution < -0.4 is 0 Å². The van der Waals surface area contributed by atoms with Gasteiger partial charge in [-0.15, -0.1) is 0 Å². The van der Waals surface area contributed by atoms with Gasteiger partial charge in [-0.3, -0.25) is 18.6 Å². The number of allylic oxidation sites excluding steroid dienone is 8. The van der Waals surface area contributed by atoms with Crippen LogP contribution in [0.2, 0.25) is 0 Å². The maximum absolute atomic E-state index is 12.5. The molecule has 3 N–H and O–H groups in total. The molecule has 0 bridgehead atoms. The molecule has 11 heteroatoms. The van der Waals surface area contributed by atoms with E-state index in [1.165, 1.54) is 25.7 Å². The van der Waals surface area contributed by atoms with Crippen LogP contribution in [0.15, 0.2) is 48.6 Å². The van der Waals surface area contributed by atoms with Gasteiger partial charge in [-0.25, -0.2) is 4.57 Å². The van der Waals surface area contributed by atoms with Gasteiger partial charge in [-0.2, -0.15) is 0 Å². The molecule has 3 atom stereocenters. The Morgan fingerprint density at radius 1 is 0.620 bits per heavy atom. The van der Waals surface area contributed by atoms with E-state index in [2.05, 4.69) is 67.0 Å². The smallest absolute Gasteiger partial charge is 0.462 e. The van der Waals surface area contributed by atoms with Crippen molar-refractivity contribution in [3.05, 3.63) is 48.6 Å². The van der Waals surface area contributed by atoms with E-state index in [1.54, 1.807) is 0 Å². The van der Waals surface area contributed by atoms with Crippen molar-refractivity contribution < 1.29 is 47.8 Å². The summed E-state index contributed by atoms with van der Waals surface area (Å²) in [7, 11) is -4.61. The van der Waals surface area contributed by atoms with Gasteiger partial charge in [0.25, 0.3) is 0 Å². The number of phosphoric acid groups is 1. The van der Waals surface area contributed by atoms with Gasteiger partial charge < -0.3 is 24.6 Å². The first kappa shape index (κ1) is 47.9. The maximum Gasteiger partial charge on any atom is 0.472 e. The molecule has 0 radical (unpaired) electrons. The quantitative estimate of drug-likeness (QED) is 0.0249. The molecule has 0 aromatic heterocycles. The van der Waals surface area contributed by atoms with Crippen molar-refractivity contribution in [1.29, 1.82) is 0 Å². The van der Waals surface area contributed by atoms with E-state index in [-0.39, 0.29) is 19.4 Å². The third kappa shape index (κ3) is 34.4. The molecule has 0 fully saturated rings. The van der Waals surface area contributed by atoms with Crippen LogP contribution in [0.5, 0.6) is 0 Å². The number of ether oxygens (including phenoxy) is 2. The Bertz CT molecular complexity index is 978. The van der Waals surface area contributed by atoms with Crippen LogP contribution in [0, 0.1) is 0 Å². The third-order valence-corrected chi connectivity index (χ3v) is 8.70. The van der Waals surface area contributed by atoms with Gasteiger partial charge in [0.2, 0.25) is 0 Å². The fourth-order valence-electron chi connectivity index (χ4n) is 4.81. The zero-order valence-electron chi connectivity index (χ0n) is 31.1. The Balaban J connectivity index is 4.33. The Morgan fingerprint density at radius 3 is 1.66 bits per heavy atom. The number of hydrogen-bond acceptors (Lipinski definition) is 9. The first-order valence-electron chi connectivity index (χ1n) is 19.1. The number of aliphatic hydroxyl groups is 2. The third-order valence-electron chi connectivity index (χ3n) is 7.75. The van der Waals surface area contributed by atoms with E-state index in [0.717, 1.165) is 83.5 Å². The lowest BCUT2D eigenvalue weighted by Gasteiger charge is -2.20. The molecular weight excluding hydrogens is 659 g/mol. The molecule has 0 aromatic rings. The molecule has 290 valence electrons. The lowest BCUT2D eigenvalue weighted by molar-refractivity contribution is -0.161. The fraction of sp³-hybridized carbons (Fsp3) is 0.744. The van der Waals surface area contributed by atoms with Crippen molar-refractivity contribution in [3.63, 3.8) is 0 Å². The zero-order valence-corrected chi connectivity index (χ0v) is 32.0. The predicted molar refractivity (Wildman–Crippen MR) is 201 cm³/mol. The Labute approximate surface area is 303 Å². The number of carbonyl (C=O) groups excluding carboxylic acids is 2. The lowest BCUT2D eigenvalue weighted by Crippen LogP contribution is -2.29. The van der Waals surface area contributed by atoms with Crippen molar-refractivity contribution in [2.75, 3.05) is 26.4 Å². The molecule has 0 aliphatic carbocycles. The highest BCUT2D eigenvalue weighted by molar-refractivity contribution is 7.47. The topological polar surface area (TPSA) is 149 Å². The highest BCUT2D eigenvalue weighted by atomic mass is 31.2. The average Bonchev–Trinajstić information content (AvgIpc) is 3.10. The van der Waals surface area contributed by atoms with Crippen molar-refractivity contribution in [3.8, 4) is 0 Å². The number of aliphatic hydroxyl groups excluding tert-OH is 2. The predicted octanol–water partition coefficient (Wildman–Crippen LogP) is 9.38. The number of phosphoric ester groups is 1. The molecule has 0 amide bonds. The minimum atomic E-state index is -4.61. The number of esters is 2. The zero-order chi connectivity index (χ0) is 37.0. The monoisotopic (exact) mass is 728 g/mol. The summed E-state index contributed by atoms with van der Waals surface area (Å²) in [4.78, 5) is 34.7. The van der Waals surface area contributed by atoms with Crippen LogP contribution >= 0.6 is 7.82 Å². The summed E-state index contributed by atoms with van der Waals surface area (Å²) in [6, 6.07) is 0. The summed E-state index contributed by atoms with van der Waals surface area (Å²) in [6.45, 7) is 2.19. The van der Waals surface area contributed by atoms with Crippen molar-refractivity contribution >= 4 is 19.8 Å². The van der Waals surface area contributed by atoms with E-state index >= 15 is 0 Å². The standard InChI is InChI=1S/C39H69O10P/c1-3-5-7-9-11-13-14-15-16-17-18-19-20-21-22-23-25-27-29-31-39(43)49-37(35-48-50(44,45)47-33-36(41)32-40)34-46-38(42)30-28-26-24-12-10-8-6-4-2/h5,7,11,13,15-16,18-19,36-37,40-41H,3-4,6,8-10,12,14,17,20-35H2,1-2H3,(H,44,45)/b7-5-,13-11-,16-15-,19-18-. The maximum atomic E-state index is 12.5. The first-order chi connectivity index (χ1) is 24.2. The minimum Gasteiger partial charge on any atom is -0.462 e. The van der Waals surface area contributed by atoms with Crippen LogP contribution in [-0.2, 0) is 32.7 Å². The SMILES string of the molecule is CC/C=C\C/C=C\C/C=C\C/C=C\CCCCCCCCC(=O)OC(COC(=O)CCCCCCCCCC)COP(=O)(O)OCC(O)CO. The number of carbonyl (C=O) groups is 2. The summed E-state index contributed by atoms with van der Waals surface area (Å²) in [5.74, 6) is -0.949. The normalized spacial score (nSPS) is 14.6. The van der Waals surface area contributed by atoms with Crippen LogP contribution in [0.3, 0.4) is 0 Å². The van der Waals surface area contributed by atoms with Crippen LogP contribution in [-0.4, -0.2) is 65.7 Å². The van der Waals surface area contributed by atoms with Gasteiger partial charge in [0.15, 0.2) is 6.10 Å². The molecule has 0 heterocycles. The Hall–Kier alpha value is -2.07. The fourth-order valence-corrected chi connectivity index (χ4v) is 5.60. The molecule has 3 unspecified atom stereocenters. The van der Waals surface area contributed by atoms with E-state index in [9.17, 15) is 24.2 Å². The highest BCUT2D eigenvalue weighted by Gasteiger charge is 2.27. The van der Waals surface area contributed by atoms with Crippen LogP contribution in [0.1, 0.15) is 149 Å². The second-order valence-corrected chi connectivity index (χ2v) is 14.0. The highest BCUT2D eigenvalue weighted by Crippen LogP contribution is 2.43. The number of unbranched alkanes of at least 4 members (excludes halogenated alkanes) is 13. The molecular formula is C39H69O10P. The Kier molecular flexibility index (Phi) is 33.9. The summed E-state index contributed by atoms with van der Waals surface area (Å²) in [5.41, 5.74) is 0. The molecule has 0 saturated carbocycles. The van der Waals surface area contributed by atoms with E-state index in [4.69, 9.17) is 19.1 Å². The largest absolute Gasteiger partial charge is 0.472 e. The first-order valence-corrected chi connectivity index (χ1v) is 20.6. The molecule has 0 aromatic carbocycles. The summed E-state index contributed by atoms with van der Waals surface area (Å²) in [5, 5.41) is 18.2. The minimum absolute atomic E-state index is 0.167. The average molecular weight is 729 g/mol. The molecule has 0 spiro atoms. The molecule has 0 rings (SSSR count). The second kappa shape index (κ2) is 35.3. The molecule has 0 aliphatic heterocycles. The summed E-state index contributed by atoms with van der Waals surface area (Å²) < 4.78 is 32.5. The van der Waals surface area contributed by atoms with Gasteiger partial charge in [0.1, 0.15) is 12.7 Å². The Morgan fingerprint density at radius 2 is 1.10 bits per heavy atom. The van der Waals surface area contributed by atoms with Gasteiger partial charge in [-0.1, -0.05) is 133 Å². The van der Waals surface area contributed by atoms with E-state index in [1.807, 2.05) is 0 Å².